The van der Waals surface area contributed by atoms with Crippen molar-refractivity contribution < 1.29 is 19.1 Å². The number of carbonyl (C=O) groups is 2. The van der Waals surface area contributed by atoms with Crippen molar-refractivity contribution in [1.29, 1.82) is 0 Å². The van der Waals surface area contributed by atoms with Crippen LogP contribution in [0.1, 0.15) is 32.6 Å². The molecule has 0 saturated carbocycles. The second-order valence-electron chi connectivity index (χ2n) is 5.57. The van der Waals surface area contributed by atoms with Crippen LogP contribution >= 0.6 is 0 Å². The lowest BCUT2D eigenvalue weighted by molar-refractivity contribution is 0.101. The van der Waals surface area contributed by atoms with Gasteiger partial charge in [-0.25, -0.2) is 9.59 Å². The minimum absolute atomic E-state index is 0.0266. The Morgan fingerprint density at radius 3 is 2.64 bits per heavy atom. The highest BCUT2D eigenvalue weighted by Gasteiger charge is 2.38. The molecule has 0 unspecified atom stereocenters. The maximum atomic E-state index is 11.9. The molecule has 0 aromatic heterocycles. The molecule has 22 heavy (non-hydrogen) atoms. The van der Waals surface area contributed by atoms with Crippen LogP contribution in [0.3, 0.4) is 0 Å². The Hall–Kier alpha value is -1.72. The lowest BCUT2D eigenvalue weighted by atomic mass is 9.97. The third kappa shape index (κ3) is 4.64. The predicted molar refractivity (Wildman–Crippen MR) is 84.7 cm³/mol. The lowest BCUT2D eigenvalue weighted by Gasteiger charge is -2.30. The summed E-state index contributed by atoms with van der Waals surface area (Å²) in [5.74, 6) is 0.216. The van der Waals surface area contributed by atoms with Crippen LogP contribution in [0.15, 0.2) is 12.7 Å². The molecule has 0 bridgehead atoms. The first-order valence-electron chi connectivity index (χ1n) is 7.87. The highest BCUT2D eigenvalue weighted by Crippen LogP contribution is 2.29. The fourth-order valence-electron chi connectivity index (χ4n) is 2.98. The van der Waals surface area contributed by atoms with Crippen molar-refractivity contribution in [3.8, 4) is 0 Å². The largest absolute Gasteiger partial charge is 0.453 e. The first-order chi connectivity index (χ1) is 10.6. The van der Waals surface area contributed by atoms with Crippen molar-refractivity contribution in [2.24, 2.45) is 5.92 Å². The normalized spacial score (nSPS) is 20.6. The van der Waals surface area contributed by atoms with Crippen LogP contribution in [0, 0.1) is 5.92 Å². The summed E-state index contributed by atoms with van der Waals surface area (Å²) in [7, 11) is 2.79. The van der Waals surface area contributed by atoms with Gasteiger partial charge in [-0.3, -0.25) is 0 Å². The molecule has 0 spiro atoms. The lowest BCUT2D eigenvalue weighted by Crippen LogP contribution is -2.42. The van der Waals surface area contributed by atoms with E-state index < -0.39 is 0 Å². The average Bonchev–Trinajstić information content (AvgIpc) is 2.93. The number of methoxy groups -OCH3 is 2. The Morgan fingerprint density at radius 1 is 1.36 bits per heavy atom. The number of hydrogen-bond acceptors (Lipinski definition) is 4. The van der Waals surface area contributed by atoms with E-state index in [1.54, 1.807) is 9.80 Å². The van der Waals surface area contributed by atoms with E-state index in [9.17, 15) is 9.59 Å². The van der Waals surface area contributed by atoms with Crippen LogP contribution in [0.4, 0.5) is 9.59 Å². The Balaban J connectivity index is 2.76. The van der Waals surface area contributed by atoms with Crippen molar-refractivity contribution in [1.82, 2.24) is 9.80 Å². The van der Waals surface area contributed by atoms with E-state index in [-0.39, 0.29) is 24.1 Å². The van der Waals surface area contributed by atoms with Crippen LogP contribution in [0.25, 0.3) is 0 Å². The van der Waals surface area contributed by atoms with Crippen LogP contribution in [0.2, 0.25) is 0 Å². The molecule has 2 atom stereocenters. The fraction of sp³-hybridized carbons (Fsp3) is 0.750. The summed E-state index contributed by atoms with van der Waals surface area (Å²) in [6.07, 6.45) is 4.70. The van der Waals surface area contributed by atoms with Gasteiger partial charge in [-0.1, -0.05) is 19.4 Å². The second kappa shape index (κ2) is 9.33. The van der Waals surface area contributed by atoms with Crippen LogP contribution < -0.4 is 0 Å². The number of ether oxygens (including phenoxy) is 2. The summed E-state index contributed by atoms with van der Waals surface area (Å²) >= 11 is 0. The van der Waals surface area contributed by atoms with E-state index in [0.29, 0.717) is 26.1 Å². The van der Waals surface area contributed by atoms with E-state index >= 15 is 0 Å². The summed E-state index contributed by atoms with van der Waals surface area (Å²) in [5.41, 5.74) is 0. The Morgan fingerprint density at radius 2 is 2.09 bits per heavy atom. The zero-order valence-corrected chi connectivity index (χ0v) is 13.9. The molecule has 0 aliphatic carbocycles. The number of carbonyl (C=O) groups excluding carboxylic acids is 2. The number of nitrogens with zero attached hydrogens (tertiary/aromatic N) is 2. The molecule has 1 rings (SSSR count). The summed E-state index contributed by atoms with van der Waals surface area (Å²) in [4.78, 5) is 27.3. The van der Waals surface area contributed by atoms with Crippen molar-refractivity contribution in [3.63, 3.8) is 0 Å². The van der Waals surface area contributed by atoms with Gasteiger partial charge in [0.05, 0.1) is 14.2 Å². The van der Waals surface area contributed by atoms with Gasteiger partial charge in [-0.05, 0) is 25.2 Å². The third-order valence-electron chi connectivity index (χ3n) is 4.17. The zero-order chi connectivity index (χ0) is 16.5. The maximum absolute atomic E-state index is 11.9. The molecule has 1 aliphatic rings. The number of amides is 2. The summed E-state index contributed by atoms with van der Waals surface area (Å²) < 4.78 is 9.72. The SMILES string of the molecule is C=CC[C@@H]1[C@@H](CN(CCCC)C(=O)OC)CCN1C(=O)OC. The topological polar surface area (TPSA) is 59.1 Å². The summed E-state index contributed by atoms with van der Waals surface area (Å²) in [6, 6.07) is 0.0266. The highest BCUT2D eigenvalue weighted by molar-refractivity contribution is 5.69. The van der Waals surface area contributed by atoms with Gasteiger partial charge in [0.15, 0.2) is 0 Å². The van der Waals surface area contributed by atoms with E-state index in [1.807, 2.05) is 6.08 Å². The standard InChI is InChI=1S/C16H28N2O4/c1-5-7-10-17(15(19)21-3)12-13-9-11-18(16(20)22-4)14(13)8-6-2/h6,13-14H,2,5,7-12H2,1,3-4H3/t13-,14-/m1/s1. The number of likely N-dealkylation sites (tertiary alicyclic amines) is 1. The third-order valence-corrected chi connectivity index (χ3v) is 4.17. The molecular weight excluding hydrogens is 284 g/mol. The predicted octanol–water partition coefficient (Wildman–Crippen LogP) is 2.89. The molecule has 6 nitrogen and oxygen atoms in total. The second-order valence-corrected chi connectivity index (χ2v) is 5.57. The smallest absolute Gasteiger partial charge is 0.409 e. The van der Waals surface area contributed by atoms with Crippen molar-refractivity contribution in [2.45, 2.75) is 38.6 Å². The van der Waals surface area contributed by atoms with Crippen LogP contribution in [0.5, 0.6) is 0 Å². The molecule has 0 aromatic carbocycles. The van der Waals surface area contributed by atoms with Gasteiger partial charge in [0.25, 0.3) is 0 Å². The number of unbranched alkanes of at least 4 members (excludes halogenated alkanes) is 1. The van der Waals surface area contributed by atoms with Gasteiger partial charge in [0, 0.05) is 25.7 Å². The van der Waals surface area contributed by atoms with E-state index in [4.69, 9.17) is 9.47 Å². The maximum Gasteiger partial charge on any atom is 0.409 e. The quantitative estimate of drug-likeness (QED) is 0.678. The van der Waals surface area contributed by atoms with E-state index in [0.717, 1.165) is 19.3 Å². The number of hydrogen-bond donors (Lipinski definition) is 0. The molecule has 6 heteroatoms. The number of rotatable bonds is 7. The van der Waals surface area contributed by atoms with E-state index in [1.165, 1.54) is 14.2 Å². The van der Waals surface area contributed by atoms with Gasteiger partial charge in [0.1, 0.15) is 0 Å². The van der Waals surface area contributed by atoms with Crippen molar-refractivity contribution in [2.75, 3.05) is 33.9 Å². The molecule has 1 heterocycles. The molecule has 1 fully saturated rings. The minimum Gasteiger partial charge on any atom is -0.453 e. The molecule has 1 saturated heterocycles. The monoisotopic (exact) mass is 312 g/mol. The van der Waals surface area contributed by atoms with Gasteiger partial charge in [0.2, 0.25) is 0 Å². The Labute approximate surface area is 133 Å². The van der Waals surface area contributed by atoms with Crippen molar-refractivity contribution in [3.05, 3.63) is 12.7 Å². The van der Waals surface area contributed by atoms with Gasteiger partial charge in [-0.15, -0.1) is 6.58 Å². The van der Waals surface area contributed by atoms with Gasteiger partial charge in [-0.2, -0.15) is 0 Å². The highest BCUT2D eigenvalue weighted by atomic mass is 16.5. The average molecular weight is 312 g/mol. The molecule has 126 valence electrons. The summed E-state index contributed by atoms with van der Waals surface area (Å²) in [5, 5.41) is 0. The van der Waals surface area contributed by atoms with Crippen molar-refractivity contribution >= 4 is 12.2 Å². The molecule has 1 aliphatic heterocycles. The first kappa shape index (κ1) is 18.3. The van der Waals surface area contributed by atoms with Gasteiger partial charge >= 0.3 is 12.2 Å². The Kier molecular flexibility index (Phi) is 7.77. The van der Waals surface area contributed by atoms with E-state index in [2.05, 4.69) is 13.5 Å². The molecule has 0 N–H and O–H groups in total. The zero-order valence-electron chi connectivity index (χ0n) is 13.9. The first-order valence-corrected chi connectivity index (χ1v) is 7.87. The molecular formula is C16H28N2O4. The van der Waals surface area contributed by atoms with Crippen LogP contribution in [-0.2, 0) is 9.47 Å². The fourth-order valence-corrected chi connectivity index (χ4v) is 2.98. The van der Waals surface area contributed by atoms with Gasteiger partial charge < -0.3 is 19.3 Å². The minimum atomic E-state index is -0.312. The molecule has 0 aromatic rings. The Bertz CT molecular complexity index is 386. The molecule has 2 amide bonds. The molecule has 0 radical (unpaired) electrons. The van der Waals surface area contributed by atoms with Crippen LogP contribution in [-0.4, -0.2) is 61.9 Å². The summed E-state index contributed by atoms with van der Waals surface area (Å²) in [6.45, 7) is 7.79.